The molecule has 0 fully saturated rings. The number of alkyl halides is 3. The van der Waals surface area contributed by atoms with Crippen molar-refractivity contribution >= 4 is 32.7 Å². The molecule has 1 N–H and O–H groups in total. The fraction of sp³-hybridized carbons (Fsp3) is 0.217. The fourth-order valence-electron chi connectivity index (χ4n) is 3.05. The molecule has 0 saturated carbocycles. The van der Waals surface area contributed by atoms with Crippen LogP contribution in [0.4, 0.5) is 13.2 Å². The van der Waals surface area contributed by atoms with Crippen LogP contribution in [0.3, 0.4) is 0 Å². The van der Waals surface area contributed by atoms with Crippen molar-refractivity contribution in [3.8, 4) is 22.3 Å². The summed E-state index contributed by atoms with van der Waals surface area (Å²) in [6, 6.07) is 26.1. The Kier molecular flexibility index (Phi) is 8.67. The largest absolute Gasteiger partial charge is 0.522 e. The zero-order chi connectivity index (χ0) is 23.2. The Hall–Kier alpha value is -1.91. The topological polar surface area (TPSA) is 54.4 Å². The van der Waals surface area contributed by atoms with E-state index in [1.807, 2.05) is 0 Å². The van der Waals surface area contributed by atoms with Gasteiger partial charge >= 0.3 is 15.6 Å². The Bertz CT molecular complexity index is 1100. The minimum absolute atomic E-state index is 0.640. The van der Waals surface area contributed by atoms with Crippen molar-refractivity contribution < 1.29 is 26.1 Å². The molecule has 3 nitrogen and oxygen atoms in total. The third-order valence-electron chi connectivity index (χ3n) is 4.29. The summed E-state index contributed by atoms with van der Waals surface area (Å²) in [6.07, 6.45) is 1.10. The first-order valence-corrected chi connectivity index (χ1v) is 11.9. The molecule has 3 aromatic carbocycles. The first-order valence-electron chi connectivity index (χ1n) is 9.37. The summed E-state index contributed by atoms with van der Waals surface area (Å²) >= 11 is 2.47. The van der Waals surface area contributed by atoms with Gasteiger partial charge in [0.15, 0.2) is 0 Å². The smallest absolute Gasteiger partial charge is 0.279 e. The molecule has 166 valence electrons. The highest BCUT2D eigenvalue weighted by Gasteiger charge is 2.44. The van der Waals surface area contributed by atoms with Gasteiger partial charge in [0.2, 0.25) is 0 Å². The standard InChI is InChI=1S/C22H21I.CHF3O3S/c1-16(2)15-19-13-14-20(23)22(18-11-7-4-8-12-18)21(19)17-9-5-3-6-10-17;2-1(3,4)8(5,6)7/h3-14,16H,15H2,1-2H3;(H,5,6,7). The minimum Gasteiger partial charge on any atom is -0.279 e. The third-order valence-corrected chi connectivity index (χ3v) is 5.77. The van der Waals surface area contributed by atoms with Crippen molar-refractivity contribution in [1.82, 2.24) is 0 Å². The summed E-state index contributed by atoms with van der Waals surface area (Å²) in [5, 5.41) is 0. The van der Waals surface area contributed by atoms with Gasteiger partial charge < -0.3 is 0 Å². The quantitative estimate of drug-likeness (QED) is 0.208. The van der Waals surface area contributed by atoms with Crippen LogP contribution in [0.15, 0.2) is 72.8 Å². The van der Waals surface area contributed by atoms with Crippen LogP contribution in [-0.2, 0) is 16.5 Å². The van der Waals surface area contributed by atoms with Crippen LogP contribution < -0.4 is 0 Å². The molecule has 0 saturated heterocycles. The highest BCUT2D eigenvalue weighted by molar-refractivity contribution is 14.1. The highest BCUT2D eigenvalue weighted by atomic mass is 127. The average molecular weight is 562 g/mol. The number of rotatable bonds is 4. The van der Waals surface area contributed by atoms with Gasteiger partial charge in [0.1, 0.15) is 0 Å². The molecule has 0 heterocycles. The fourth-order valence-corrected chi connectivity index (χ4v) is 3.81. The molecular weight excluding hydrogens is 540 g/mol. The molecule has 0 atom stereocenters. The van der Waals surface area contributed by atoms with Gasteiger partial charge in [0, 0.05) is 9.13 Å². The first kappa shape index (κ1) is 25.4. The summed E-state index contributed by atoms with van der Waals surface area (Å²) in [6.45, 7) is 4.57. The summed E-state index contributed by atoms with van der Waals surface area (Å²) in [4.78, 5) is 0. The van der Waals surface area contributed by atoms with Gasteiger partial charge in [-0.15, -0.1) is 0 Å². The average Bonchev–Trinajstić information content (AvgIpc) is 2.69. The molecular formula is C23H22F3IO3S. The highest BCUT2D eigenvalue weighted by Crippen LogP contribution is 2.39. The second-order valence-corrected chi connectivity index (χ2v) is 9.78. The predicted octanol–water partition coefficient (Wildman–Crippen LogP) is 7.22. The van der Waals surface area contributed by atoms with E-state index >= 15 is 0 Å². The Balaban J connectivity index is 0.000000366. The molecule has 0 unspecified atom stereocenters. The third kappa shape index (κ3) is 7.05. The van der Waals surface area contributed by atoms with Crippen LogP contribution in [0.2, 0.25) is 0 Å². The van der Waals surface area contributed by atoms with Gasteiger partial charge in [0.25, 0.3) is 0 Å². The molecule has 0 aliphatic rings. The lowest BCUT2D eigenvalue weighted by Crippen LogP contribution is -2.21. The number of benzene rings is 3. The predicted molar refractivity (Wildman–Crippen MR) is 126 cm³/mol. The van der Waals surface area contributed by atoms with E-state index in [9.17, 15) is 13.2 Å². The normalized spacial score (nSPS) is 11.7. The van der Waals surface area contributed by atoms with Crippen LogP contribution in [0.1, 0.15) is 19.4 Å². The summed E-state index contributed by atoms with van der Waals surface area (Å²) in [5.74, 6) is 0.640. The summed E-state index contributed by atoms with van der Waals surface area (Å²) in [5.41, 5.74) is 1.24. The van der Waals surface area contributed by atoms with E-state index in [0.717, 1.165) is 6.42 Å². The van der Waals surface area contributed by atoms with Crippen LogP contribution in [0, 0.1) is 9.49 Å². The molecule has 0 spiro atoms. The maximum atomic E-state index is 10.7. The van der Waals surface area contributed by atoms with Crippen molar-refractivity contribution in [2.45, 2.75) is 25.8 Å². The molecule has 0 aliphatic heterocycles. The van der Waals surface area contributed by atoms with Gasteiger partial charge in [-0.25, -0.2) is 0 Å². The molecule has 0 bridgehead atoms. The SMILES string of the molecule is CC(C)Cc1ccc(I)c(-c2ccccc2)c1-c1ccccc1.O=S(=O)(O)C(F)(F)F. The van der Waals surface area contributed by atoms with E-state index in [1.54, 1.807) is 0 Å². The van der Waals surface area contributed by atoms with Gasteiger partial charge in [0.05, 0.1) is 0 Å². The van der Waals surface area contributed by atoms with Crippen LogP contribution in [0.5, 0.6) is 0 Å². The lowest BCUT2D eigenvalue weighted by Gasteiger charge is -2.19. The van der Waals surface area contributed by atoms with Crippen molar-refractivity contribution in [2.24, 2.45) is 5.92 Å². The number of hydrogen-bond acceptors (Lipinski definition) is 2. The van der Waals surface area contributed by atoms with E-state index in [1.165, 1.54) is 31.4 Å². The van der Waals surface area contributed by atoms with Gasteiger partial charge in [-0.1, -0.05) is 80.6 Å². The van der Waals surface area contributed by atoms with E-state index in [4.69, 9.17) is 13.0 Å². The van der Waals surface area contributed by atoms with Crippen molar-refractivity contribution in [2.75, 3.05) is 0 Å². The second-order valence-electron chi connectivity index (χ2n) is 7.21. The van der Waals surface area contributed by atoms with E-state index in [2.05, 4.69) is 109 Å². The zero-order valence-electron chi connectivity index (χ0n) is 16.9. The molecule has 0 radical (unpaired) electrons. The molecule has 31 heavy (non-hydrogen) atoms. The Morgan fingerprint density at radius 1 is 0.839 bits per heavy atom. The molecule has 0 aliphatic carbocycles. The summed E-state index contributed by atoms with van der Waals surface area (Å²) < 4.78 is 58.8. The lowest BCUT2D eigenvalue weighted by atomic mass is 9.87. The Labute approximate surface area is 194 Å². The van der Waals surface area contributed by atoms with Crippen LogP contribution in [-0.4, -0.2) is 18.5 Å². The molecule has 0 amide bonds. The van der Waals surface area contributed by atoms with Crippen molar-refractivity contribution in [3.05, 3.63) is 81.9 Å². The van der Waals surface area contributed by atoms with Crippen LogP contribution >= 0.6 is 22.6 Å². The van der Waals surface area contributed by atoms with E-state index < -0.39 is 15.6 Å². The van der Waals surface area contributed by atoms with Crippen molar-refractivity contribution in [1.29, 1.82) is 0 Å². The molecule has 0 aromatic heterocycles. The van der Waals surface area contributed by atoms with Gasteiger partial charge in [-0.05, 0) is 63.2 Å². The molecule has 3 rings (SSSR count). The summed E-state index contributed by atoms with van der Waals surface area (Å²) in [7, 11) is -5.84. The lowest BCUT2D eigenvalue weighted by molar-refractivity contribution is -0.0510. The maximum absolute atomic E-state index is 10.7. The van der Waals surface area contributed by atoms with Gasteiger partial charge in [-0.2, -0.15) is 21.6 Å². The Morgan fingerprint density at radius 2 is 1.26 bits per heavy atom. The second kappa shape index (κ2) is 10.6. The minimum atomic E-state index is -5.84. The van der Waals surface area contributed by atoms with Crippen molar-refractivity contribution in [3.63, 3.8) is 0 Å². The van der Waals surface area contributed by atoms with Gasteiger partial charge in [-0.3, -0.25) is 4.55 Å². The van der Waals surface area contributed by atoms with E-state index in [0.29, 0.717) is 5.92 Å². The molecule has 8 heteroatoms. The van der Waals surface area contributed by atoms with E-state index in [-0.39, 0.29) is 0 Å². The molecule has 3 aromatic rings. The number of halogens is 4. The number of hydrogen-bond donors (Lipinski definition) is 1. The monoisotopic (exact) mass is 562 g/mol. The zero-order valence-corrected chi connectivity index (χ0v) is 19.9. The Morgan fingerprint density at radius 3 is 1.65 bits per heavy atom. The van der Waals surface area contributed by atoms with Crippen LogP contribution in [0.25, 0.3) is 22.3 Å². The maximum Gasteiger partial charge on any atom is 0.522 e. The first-order chi connectivity index (χ1) is 14.4.